The zero-order valence-electron chi connectivity index (χ0n) is 17.2. The molecule has 1 heterocycles. The quantitative estimate of drug-likeness (QED) is 0.807. The van der Waals surface area contributed by atoms with Crippen molar-refractivity contribution in [3.63, 3.8) is 0 Å². The number of halogens is 1. The maximum absolute atomic E-state index is 12.8. The van der Waals surface area contributed by atoms with Crippen molar-refractivity contribution in [2.24, 2.45) is 0 Å². The van der Waals surface area contributed by atoms with E-state index in [1.54, 1.807) is 7.11 Å². The van der Waals surface area contributed by atoms with Gasteiger partial charge in [0.2, 0.25) is 5.91 Å². The van der Waals surface area contributed by atoms with Gasteiger partial charge in [-0.05, 0) is 73.7 Å². The summed E-state index contributed by atoms with van der Waals surface area (Å²) in [7, 11) is 1.68. The lowest BCUT2D eigenvalue weighted by Gasteiger charge is -2.38. The van der Waals surface area contributed by atoms with Crippen LogP contribution >= 0.6 is 12.4 Å². The molecule has 156 valence electrons. The number of aryl methyl sites for hydroxylation is 2. The number of hydrogen-bond acceptors (Lipinski definition) is 4. The summed E-state index contributed by atoms with van der Waals surface area (Å²) in [6.45, 7) is 5.60. The van der Waals surface area contributed by atoms with Gasteiger partial charge < -0.3 is 15.0 Å². The number of ether oxygens (including phenoxy) is 1. The number of nitrogens with one attached hydrogen (secondary N) is 1. The molecule has 0 bridgehead atoms. The lowest BCUT2D eigenvalue weighted by molar-refractivity contribution is -0.120. The number of carbonyl (C=O) groups is 1. The molecule has 1 atom stereocenters. The first-order valence-electron chi connectivity index (χ1n) is 10.2. The van der Waals surface area contributed by atoms with Crippen molar-refractivity contribution < 1.29 is 9.53 Å². The van der Waals surface area contributed by atoms with Gasteiger partial charge in [-0.2, -0.15) is 0 Å². The van der Waals surface area contributed by atoms with Crippen LogP contribution in [0.1, 0.15) is 24.5 Å². The highest BCUT2D eigenvalue weighted by Gasteiger charge is 2.26. The molecule has 1 fully saturated rings. The smallest absolute Gasteiger partial charge is 0.241 e. The topological polar surface area (TPSA) is 44.8 Å². The molecule has 1 amide bonds. The van der Waals surface area contributed by atoms with Crippen LogP contribution in [0.4, 0.5) is 11.4 Å². The molecule has 6 heteroatoms. The van der Waals surface area contributed by atoms with Crippen molar-refractivity contribution in [1.82, 2.24) is 4.90 Å². The van der Waals surface area contributed by atoms with Gasteiger partial charge >= 0.3 is 0 Å². The number of piperazine rings is 1. The Hall–Kier alpha value is -2.24. The number of nitrogens with zero attached hydrogens (tertiary/aromatic N) is 2. The Bertz CT molecular complexity index is 833. The molecular weight excluding hydrogens is 386 g/mol. The van der Waals surface area contributed by atoms with E-state index in [4.69, 9.17) is 4.74 Å². The zero-order valence-corrected chi connectivity index (χ0v) is 18.0. The number of fused-ring (bicyclic) bond motifs is 1. The van der Waals surface area contributed by atoms with E-state index in [9.17, 15) is 4.79 Å². The monoisotopic (exact) mass is 415 g/mol. The van der Waals surface area contributed by atoms with Crippen molar-refractivity contribution in [1.29, 1.82) is 0 Å². The Balaban J connectivity index is 0.00000240. The van der Waals surface area contributed by atoms with Crippen molar-refractivity contribution >= 4 is 29.7 Å². The molecule has 0 spiro atoms. The number of amides is 1. The highest BCUT2D eigenvalue weighted by molar-refractivity contribution is 5.94. The third-order valence-electron chi connectivity index (χ3n) is 6.05. The molecule has 1 N–H and O–H groups in total. The van der Waals surface area contributed by atoms with Crippen LogP contribution in [0.5, 0.6) is 5.75 Å². The van der Waals surface area contributed by atoms with Crippen molar-refractivity contribution in [2.75, 3.05) is 43.5 Å². The molecule has 1 unspecified atom stereocenters. The average molecular weight is 416 g/mol. The molecule has 1 aliphatic heterocycles. The minimum Gasteiger partial charge on any atom is -0.497 e. The molecule has 4 rings (SSSR count). The van der Waals surface area contributed by atoms with E-state index in [-0.39, 0.29) is 24.4 Å². The van der Waals surface area contributed by atoms with Crippen LogP contribution in [0.15, 0.2) is 42.5 Å². The summed E-state index contributed by atoms with van der Waals surface area (Å²) in [6.07, 6.45) is 3.52. The standard InChI is InChI=1S/C23H29N3O2.ClH/c1-17(23(27)24-20-7-6-18-4-3-5-19(18)16-20)25-12-14-26(15-13-25)21-8-10-22(28-2)11-9-21;/h6-11,16-17H,3-5,12-15H2,1-2H3,(H,24,27);1H. The molecule has 2 aliphatic rings. The fourth-order valence-corrected chi connectivity index (χ4v) is 4.22. The van der Waals surface area contributed by atoms with Crippen LogP contribution in [0.2, 0.25) is 0 Å². The number of carbonyl (C=O) groups excluding carboxylic acids is 1. The van der Waals surface area contributed by atoms with Crippen LogP contribution in [-0.4, -0.2) is 50.1 Å². The van der Waals surface area contributed by atoms with Gasteiger partial charge in [0.25, 0.3) is 0 Å². The van der Waals surface area contributed by atoms with Crippen LogP contribution in [0.25, 0.3) is 0 Å². The van der Waals surface area contributed by atoms with E-state index in [1.807, 2.05) is 25.1 Å². The van der Waals surface area contributed by atoms with E-state index in [1.165, 1.54) is 29.7 Å². The summed E-state index contributed by atoms with van der Waals surface area (Å²) >= 11 is 0. The molecule has 0 aromatic heterocycles. The third-order valence-corrected chi connectivity index (χ3v) is 6.05. The van der Waals surface area contributed by atoms with E-state index < -0.39 is 0 Å². The number of benzene rings is 2. The van der Waals surface area contributed by atoms with Gasteiger partial charge in [0.1, 0.15) is 5.75 Å². The predicted molar refractivity (Wildman–Crippen MR) is 121 cm³/mol. The minimum atomic E-state index is -0.133. The van der Waals surface area contributed by atoms with Crippen LogP contribution in [0, 0.1) is 0 Å². The largest absolute Gasteiger partial charge is 0.497 e. The van der Waals surface area contributed by atoms with E-state index in [2.05, 4.69) is 39.4 Å². The van der Waals surface area contributed by atoms with Crippen LogP contribution in [0.3, 0.4) is 0 Å². The first-order valence-corrected chi connectivity index (χ1v) is 10.2. The SMILES string of the molecule is COc1ccc(N2CCN(C(C)C(=O)Nc3ccc4c(c3)CCC4)CC2)cc1.Cl. The minimum absolute atomic E-state index is 0. The highest BCUT2D eigenvalue weighted by atomic mass is 35.5. The summed E-state index contributed by atoms with van der Waals surface area (Å²) in [5.41, 5.74) is 4.95. The number of rotatable bonds is 5. The van der Waals surface area contributed by atoms with Gasteiger partial charge in [-0.25, -0.2) is 0 Å². The highest BCUT2D eigenvalue weighted by Crippen LogP contribution is 2.25. The van der Waals surface area contributed by atoms with Gasteiger partial charge in [-0.15, -0.1) is 12.4 Å². The lowest BCUT2D eigenvalue weighted by atomic mass is 10.1. The lowest BCUT2D eigenvalue weighted by Crippen LogP contribution is -2.52. The average Bonchev–Trinajstić information content (AvgIpc) is 3.21. The summed E-state index contributed by atoms with van der Waals surface area (Å²) in [6, 6.07) is 14.4. The first-order chi connectivity index (χ1) is 13.6. The molecule has 0 saturated carbocycles. The first kappa shape index (κ1) is 21.5. The number of methoxy groups -OCH3 is 1. The Morgan fingerprint density at radius 1 is 1.00 bits per heavy atom. The molecule has 2 aromatic carbocycles. The Kier molecular flexibility index (Phi) is 7.04. The fraction of sp³-hybridized carbons (Fsp3) is 0.435. The molecular formula is C23H30ClN3O2. The normalized spacial score (nSPS) is 17.2. The summed E-state index contributed by atoms with van der Waals surface area (Å²) in [5.74, 6) is 0.954. The van der Waals surface area contributed by atoms with Crippen molar-refractivity contribution in [3.05, 3.63) is 53.6 Å². The van der Waals surface area contributed by atoms with Gasteiger partial charge in [0, 0.05) is 37.6 Å². The molecule has 0 radical (unpaired) electrons. The molecule has 1 saturated heterocycles. The Morgan fingerprint density at radius 3 is 2.38 bits per heavy atom. The van der Waals surface area contributed by atoms with Crippen LogP contribution in [-0.2, 0) is 17.6 Å². The Labute approximate surface area is 179 Å². The van der Waals surface area contributed by atoms with E-state index in [0.29, 0.717) is 0 Å². The van der Waals surface area contributed by atoms with Gasteiger partial charge in [0.05, 0.1) is 13.2 Å². The number of anilines is 2. The maximum Gasteiger partial charge on any atom is 0.241 e. The third kappa shape index (κ3) is 4.85. The second-order valence-corrected chi connectivity index (χ2v) is 7.72. The zero-order chi connectivity index (χ0) is 19.5. The van der Waals surface area contributed by atoms with E-state index >= 15 is 0 Å². The second kappa shape index (κ2) is 9.51. The van der Waals surface area contributed by atoms with Gasteiger partial charge in [0.15, 0.2) is 0 Å². The fourth-order valence-electron chi connectivity index (χ4n) is 4.22. The van der Waals surface area contributed by atoms with Crippen LogP contribution < -0.4 is 15.0 Å². The Morgan fingerprint density at radius 2 is 1.69 bits per heavy atom. The van der Waals surface area contributed by atoms with Crippen molar-refractivity contribution in [3.8, 4) is 5.75 Å². The van der Waals surface area contributed by atoms with Gasteiger partial charge in [-0.1, -0.05) is 6.07 Å². The molecule has 2 aromatic rings. The molecule has 29 heavy (non-hydrogen) atoms. The summed E-state index contributed by atoms with van der Waals surface area (Å²) in [5, 5.41) is 3.12. The second-order valence-electron chi connectivity index (χ2n) is 7.72. The summed E-state index contributed by atoms with van der Waals surface area (Å²) < 4.78 is 5.23. The van der Waals surface area contributed by atoms with Gasteiger partial charge in [-0.3, -0.25) is 9.69 Å². The van der Waals surface area contributed by atoms with Crippen molar-refractivity contribution in [2.45, 2.75) is 32.2 Å². The predicted octanol–water partition coefficient (Wildman–Crippen LogP) is 3.75. The van der Waals surface area contributed by atoms with E-state index in [0.717, 1.165) is 44.0 Å². The molecule has 5 nitrogen and oxygen atoms in total. The summed E-state index contributed by atoms with van der Waals surface area (Å²) in [4.78, 5) is 17.4. The molecule has 1 aliphatic carbocycles. The number of hydrogen-bond donors (Lipinski definition) is 1. The maximum atomic E-state index is 12.8.